The number of amides is 4. The summed E-state index contributed by atoms with van der Waals surface area (Å²) in [5, 5.41) is 2.77. The van der Waals surface area contributed by atoms with Gasteiger partial charge in [-0.25, -0.2) is 4.79 Å². The molecular weight excluding hydrogens is 282 g/mol. The quantitative estimate of drug-likeness (QED) is 0.791. The van der Waals surface area contributed by atoms with E-state index < -0.39 is 5.54 Å². The van der Waals surface area contributed by atoms with Gasteiger partial charge in [-0.3, -0.25) is 14.5 Å². The average molecular weight is 301 g/mol. The van der Waals surface area contributed by atoms with Crippen molar-refractivity contribution in [2.24, 2.45) is 0 Å². The molecule has 0 saturated carbocycles. The SMILES string of the molecule is Cc1ccc(C(=O)N2CCC3(CC2)NC(=O)N(C)C3=O)cc1. The fourth-order valence-electron chi connectivity index (χ4n) is 3.06. The van der Waals surface area contributed by atoms with Crippen molar-refractivity contribution in [3.63, 3.8) is 0 Å². The molecule has 2 heterocycles. The summed E-state index contributed by atoms with van der Waals surface area (Å²) in [4.78, 5) is 39.2. The summed E-state index contributed by atoms with van der Waals surface area (Å²) in [6, 6.07) is 7.10. The van der Waals surface area contributed by atoms with Gasteiger partial charge >= 0.3 is 6.03 Å². The summed E-state index contributed by atoms with van der Waals surface area (Å²) in [5.41, 5.74) is 0.937. The first-order valence-electron chi connectivity index (χ1n) is 7.39. The lowest BCUT2D eigenvalue weighted by atomic mass is 9.87. The molecule has 4 amide bonds. The topological polar surface area (TPSA) is 69.7 Å². The molecule has 0 bridgehead atoms. The van der Waals surface area contributed by atoms with E-state index in [1.165, 1.54) is 7.05 Å². The molecule has 1 N–H and O–H groups in total. The van der Waals surface area contributed by atoms with Crippen LogP contribution in [-0.4, -0.2) is 53.3 Å². The van der Waals surface area contributed by atoms with E-state index in [1.807, 2.05) is 31.2 Å². The number of carbonyl (C=O) groups excluding carboxylic acids is 3. The molecule has 1 aromatic carbocycles. The first kappa shape index (κ1) is 14.6. The molecule has 3 rings (SSSR count). The number of likely N-dealkylation sites (tertiary alicyclic amines) is 1. The molecule has 22 heavy (non-hydrogen) atoms. The first-order chi connectivity index (χ1) is 10.4. The van der Waals surface area contributed by atoms with Crippen LogP contribution >= 0.6 is 0 Å². The first-order valence-corrected chi connectivity index (χ1v) is 7.39. The van der Waals surface area contributed by atoms with Gasteiger partial charge in [-0.15, -0.1) is 0 Å². The minimum atomic E-state index is -0.824. The molecule has 1 aromatic rings. The minimum Gasteiger partial charge on any atom is -0.338 e. The fraction of sp³-hybridized carbons (Fsp3) is 0.438. The summed E-state index contributed by atoms with van der Waals surface area (Å²) >= 11 is 0. The highest BCUT2D eigenvalue weighted by atomic mass is 16.2. The fourth-order valence-corrected chi connectivity index (χ4v) is 3.06. The maximum absolute atomic E-state index is 12.5. The van der Waals surface area contributed by atoms with Crippen molar-refractivity contribution in [1.82, 2.24) is 15.1 Å². The number of rotatable bonds is 1. The number of nitrogens with one attached hydrogen (secondary N) is 1. The highest BCUT2D eigenvalue weighted by molar-refractivity contribution is 6.07. The summed E-state index contributed by atoms with van der Waals surface area (Å²) in [5.74, 6) is -0.222. The van der Waals surface area contributed by atoms with E-state index in [1.54, 1.807) is 4.90 Å². The molecular formula is C16H19N3O3. The third-order valence-corrected chi connectivity index (χ3v) is 4.57. The van der Waals surface area contributed by atoms with Gasteiger partial charge in [0.1, 0.15) is 5.54 Å². The lowest BCUT2D eigenvalue weighted by molar-refractivity contribution is -0.131. The Hall–Kier alpha value is -2.37. The number of hydrogen-bond donors (Lipinski definition) is 1. The molecule has 2 saturated heterocycles. The van der Waals surface area contributed by atoms with Gasteiger partial charge in [0, 0.05) is 25.7 Å². The molecule has 0 atom stereocenters. The van der Waals surface area contributed by atoms with Crippen molar-refractivity contribution in [3.05, 3.63) is 35.4 Å². The zero-order chi connectivity index (χ0) is 15.9. The van der Waals surface area contributed by atoms with E-state index in [0.717, 1.165) is 10.5 Å². The number of nitrogens with zero attached hydrogens (tertiary/aromatic N) is 2. The number of piperidine rings is 1. The normalized spacial score (nSPS) is 20.5. The number of imide groups is 1. The second-order valence-electron chi connectivity index (χ2n) is 6.03. The third kappa shape index (κ3) is 2.24. The van der Waals surface area contributed by atoms with Crippen LogP contribution in [0.2, 0.25) is 0 Å². The maximum Gasteiger partial charge on any atom is 0.324 e. The van der Waals surface area contributed by atoms with Crippen LogP contribution in [0.25, 0.3) is 0 Å². The second-order valence-corrected chi connectivity index (χ2v) is 6.03. The van der Waals surface area contributed by atoms with Crippen LogP contribution in [0.1, 0.15) is 28.8 Å². The van der Waals surface area contributed by atoms with Crippen molar-refractivity contribution in [3.8, 4) is 0 Å². The van der Waals surface area contributed by atoms with Crippen LogP contribution in [-0.2, 0) is 4.79 Å². The summed E-state index contributed by atoms with van der Waals surface area (Å²) in [6.45, 7) is 2.91. The van der Waals surface area contributed by atoms with Gasteiger partial charge in [-0.2, -0.15) is 0 Å². The molecule has 2 aliphatic heterocycles. The molecule has 0 radical (unpaired) electrons. The molecule has 2 fully saturated rings. The van der Waals surface area contributed by atoms with Crippen LogP contribution in [0, 0.1) is 6.92 Å². The van der Waals surface area contributed by atoms with Crippen LogP contribution in [0.5, 0.6) is 0 Å². The largest absolute Gasteiger partial charge is 0.338 e. The Kier molecular flexibility index (Phi) is 3.39. The highest BCUT2D eigenvalue weighted by Crippen LogP contribution is 2.29. The van der Waals surface area contributed by atoms with Gasteiger partial charge < -0.3 is 10.2 Å². The molecule has 2 aliphatic rings. The number of aryl methyl sites for hydroxylation is 1. The Bertz CT molecular complexity index is 631. The van der Waals surface area contributed by atoms with Crippen LogP contribution < -0.4 is 5.32 Å². The van der Waals surface area contributed by atoms with Crippen molar-refractivity contribution in [1.29, 1.82) is 0 Å². The Morgan fingerprint density at radius 2 is 1.73 bits per heavy atom. The summed E-state index contributed by atoms with van der Waals surface area (Å²) < 4.78 is 0. The molecule has 116 valence electrons. The monoisotopic (exact) mass is 301 g/mol. The van der Waals surface area contributed by atoms with Crippen LogP contribution in [0.4, 0.5) is 4.79 Å². The summed E-state index contributed by atoms with van der Waals surface area (Å²) in [7, 11) is 1.48. The highest BCUT2D eigenvalue weighted by Gasteiger charge is 2.51. The standard InChI is InChI=1S/C16H19N3O3/c1-11-3-5-12(6-4-11)13(20)19-9-7-16(8-10-19)14(21)18(2)15(22)17-16/h3-6H,7-10H2,1-2H3,(H,17,22). The Morgan fingerprint density at radius 3 is 2.23 bits per heavy atom. The zero-order valence-corrected chi connectivity index (χ0v) is 12.8. The van der Waals surface area contributed by atoms with E-state index in [4.69, 9.17) is 0 Å². The van der Waals surface area contributed by atoms with E-state index >= 15 is 0 Å². The van der Waals surface area contributed by atoms with Gasteiger partial charge in [-0.05, 0) is 31.9 Å². The predicted molar refractivity (Wildman–Crippen MR) is 80.3 cm³/mol. The smallest absolute Gasteiger partial charge is 0.324 e. The average Bonchev–Trinajstić information content (AvgIpc) is 2.73. The maximum atomic E-state index is 12.5. The number of hydrogen-bond acceptors (Lipinski definition) is 3. The van der Waals surface area contributed by atoms with E-state index in [9.17, 15) is 14.4 Å². The zero-order valence-electron chi connectivity index (χ0n) is 12.8. The van der Waals surface area contributed by atoms with Gasteiger partial charge in [0.15, 0.2) is 0 Å². The van der Waals surface area contributed by atoms with Crippen molar-refractivity contribution in [2.45, 2.75) is 25.3 Å². The van der Waals surface area contributed by atoms with Crippen molar-refractivity contribution < 1.29 is 14.4 Å². The van der Waals surface area contributed by atoms with E-state index in [0.29, 0.717) is 31.5 Å². The number of likely N-dealkylation sites (N-methyl/N-ethyl adjacent to an activating group) is 1. The Balaban J connectivity index is 1.69. The van der Waals surface area contributed by atoms with Gasteiger partial charge in [0.2, 0.25) is 0 Å². The summed E-state index contributed by atoms with van der Waals surface area (Å²) in [6.07, 6.45) is 0.916. The molecule has 1 spiro atoms. The number of benzene rings is 1. The van der Waals surface area contributed by atoms with Crippen molar-refractivity contribution >= 4 is 17.8 Å². The van der Waals surface area contributed by atoms with Crippen LogP contribution in [0.3, 0.4) is 0 Å². The van der Waals surface area contributed by atoms with Gasteiger partial charge in [0.25, 0.3) is 11.8 Å². The second kappa shape index (κ2) is 5.12. The van der Waals surface area contributed by atoms with E-state index in [2.05, 4.69) is 5.32 Å². The van der Waals surface area contributed by atoms with Crippen LogP contribution in [0.15, 0.2) is 24.3 Å². The van der Waals surface area contributed by atoms with Gasteiger partial charge in [0.05, 0.1) is 0 Å². The number of carbonyl (C=O) groups is 3. The van der Waals surface area contributed by atoms with E-state index in [-0.39, 0.29) is 17.8 Å². The molecule has 6 nitrogen and oxygen atoms in total. The minimum absolute atomic E-state index is 0.0278. The lowest BCUT2D eigenvalue weighted by Crippen LogP contribution is -2.55. The predicted octanol–water partition coefficient (Wildman–Crippen LogP) is 1.15. The van der Waals surface area contributed by atoms with Gasteiger partial charge in [-0.1, -0.05) is 17.7 Å². The number of urea groups is 1. The molecule has 0 aliphatic carbocycles. The molecule has 6 heteroatoms. The third-order valence-electron chi connectivity index (χ3n) is 4.57. The lowest BCUT2D eigenvalue weighted by Gasteiger charge is -2.37. The molecule has 0 unspecified atom stereocenters. The molecule has 0 aromatic heterocycles. The van der Waals surface area contributed by atoms with Crippen molar-refractivity contribution in [2.75, 3.05) is 20.1 Å². The Morgan fingerprint density at radius 1 is 1.14 bits per heavy atom. The Labute approximate surface area is 129 Å².